The minimum atomic E-state index is -0.231. The summed E-state index contributed by atoms with van der Waals surface area (Å²) < 4.78 is 17.3. The number of morpholine rings is 1. The third-order valence-electron chi connectivity index (χ3n) is 5.00. The summed E-state index contributed by atoms with van der Waals surface area (Å²) >= 11 is 12.3. The van der Waals surface area contributed by atoms with Gasteiger partial charge >= 0.3 is 0 Å². The van der Waals surface area contributed by atoms with Gasteiger partial charge < -0.3 is 19.5 Å². The molecular formula is C23H28Cl2N2O4. The standard InChI is InChI=1S/C23H28Cl2N2O4/c1-3-8-26-23(28)19-11-21(29-2)22(12-20(19)25)31-15-18-14-27(9-10-30-18)13-16-4-6-17(24)7-5-16/h4-7,11-12,18H,3,8-10,13-15H2,1-2H3,(H,26,28). The third-order valence-corrected chi connectivity index (χ3v) is 5.57. The second-order valence-electron chi connectivity index (χ2n) is 7.40. The maximum atomic E-state index is 12.3. The van der Waals surface area contributed by atoms with Crippen LogP contribution in [0.15, 0.2) is 36.4 Å². The first kappa shape index (κ1) is 23.7. The van der Waals surface area contributed by atoms with Gasteiger partial charge in [-0.05, 0) is 30.2 Å². The Kier molecular flexibility index (Phi) is 8.84. The highest BCUT2D eigenvalue weighted by atomic mass is 35.5. The predicted octanol–water partition coefficient (Wildman–Crippen LogP) is 4.42. The van der Waals surface area contributed by atoms with Crippen molar-refractivity contribution in [1.29, 1.82) is 0 Å². The van der Waals surface area contributed by atoms with Crippen LogP contribution in [0, 0.1) is 0 Å². The number of carbonyl (C=O) groups is 1. The summed E-state index contributed by atoms with van der Waals surface area (Å²) in [6, 6.07) is 11.1. The highest BCUT2D eigenvalue weighted by Crippen LogP contribution is 2.33. The molecule has 1 saturated heterocycles. The van der Waals surface area contributed by atoms with Crippen molar-refractivity contribution in [1.82, 2.24) is 10.2 Å². The zero-order chi connectivity index (χ0) is 22.2. The Morgan fingerprint density at radius 3 is 2.71 bits per heavy atom. The summed E-state index contributed by atoms with van der Waals surface area (Å²) in [5.41, 5.74) is 1.57. The van der Waals surface area contributed by atoms with Gasteiger partial charge in [-0.3, -0.25) is 9.69 Å². The molecule has 0 aliphatic carbocycles. The van der Waals surface area contributed by atoms with Crippen LogP contribution in [-0.4, -0.2) is 56.9 Å². The maximum Gasteiger partial charge on any atom is 0.252 e. The van der Waals surface area contributed by atoms with Gasteiger partial charge in [0, 0.05) is 37.3 Å². The average molecular weight is 467 g/mol. The number of hydrogen-bond acceptors (Lipinski definition) is 5. The zero-order valence-electron chi connectivity index (χ0n) is 17.8. The molecule has 1 aliphatic heterocycles. The Morgan fingerprint density at radius 2 is 2.00 bits per heavy atom. The number of halogens is 2. The zero-order valence-corrected chi connectivity index (χ0v) is 19.3. The van der Waals surface area contributed by atoms with E-state index in [-0.39, 0.29) is 12.0 Å². The van der Waals surface area contributed by atoms with E-state index in [1.165, 1.54) is 12.7 Å². The third kappa shape index (κ3) is 6.74. The smallest absolute Gasteiger partial charge is 0.252 e. The topological polar surface area (TPSA) is 60.0 Å². The lowest BCUT2D eigenvalue weighted by Crippen LogP contribution is -2.44. The number of amides is 1. The van der Waals surface area contributed by atoms with Gasteiger partial charge in [0.25, 0.3) is 5.91 Å². The Bertz CT molecular complexity index is 877. The molecule has 1 fully saturated rings. The molecular weight excluding hydrogens is 439 g/mol. The second kappa shape index (κ2) is 11.6. The van der Waals surface area contributed by atoms with Gasteiger partial charge in [-0.15, -0.1) is 0 Å². The van der Waals surface area contributed by atoms with E-state index in [1.807, 2.05) is 31.2 Å². The molecule has 1 heterocycles. The van der Waals surface area contributed by atoms with E-state index >= 15 is 0 Å². The fourth-order valence-electron chi connectivity index (χ4n) is 3.37. The summed E-state index contributed by atoms with van der Waals surface area (Å²) in [5, 5.41) is 3.87. The normalized spacial score (nSPS) is 16.7. The highest BCUT2D eigenvalue weighted by Gasteiger charge is 2.23. The minimum Gasteiger partial charge on any atom is -0.493 e. The quantitative estimate of drug-likeness (QED) is 0.592. The molecule has 1 atom stereocenters. The number of carbonyl (C=O) groups excluding carboxylic acids is 1. The lowest BCUT2D eigenvalue weighted by atomic mass is 10.1. The maximum absolute atomic E-state index is 12.3. The Labute approximate surface area is 193 Å². The Hall–Kier alpha value is -1.99. The van der Waals surface area contributed by atoms with Crippen molar-refractivity contribution in [3.05, 3.63) is 57.6 Å². The molecule has 168 valence electrons. The number of ether oxygens (including phenoxy) is 3. The molecule has 1 aliphatic rings. The predicted molar refractivity (Wildman–Crippen MR) is 123 cm³/mol. The monoisotopic (exact) mass is 466 g/mol. The molecule has 8 heteroatoms. The summed E-state index contributed by atoms with van der Waals surface area (Å²) in [4.78, 5) is 14.6. The molecule has 2 aromatic carbocycles. The number of benzene rings is 2. The number of methoxy groups -OCH3 is 1. The molecule has 0 radical (unpaired) electrons. The van der Waals surface area contributed by atoms with Crippen molar-refractivity contribution in [2.24, 2.45) is 0 Å². The van der Waals surface area contributed by atoms with Gasteiger partial charge in [0.2, 0.25) is 0 Å². The minimum absolute atomic E-state index is 0.0861. The number of rotatable bonds is 9. The summed E-state index contributed by atoms with van der Waals surface area (Å²) in [5.74, 6) is 0.711. The largest absolute Gasteiger partial charge is 0.493 e. The Balaban J connectivity index is 1.60. The molecule has 0 bridgehead atoms. The van der Waals surface area contributed by atoms with E-state index in [0.717, 1.165) is 31.1 Å². The van der Waals surface area contributed by atoms with E-state index in [0.29, 0.717) is 41.8 Å². The van der Waals surface area contributed by atoms with E-state index in [2.05, 4.69) is 10.2 Å². The van der Waals surface area contributed by atoms with Crippen molar-refractivity contribution < 1.29 is 19.0 Å². The molecule has 1 unspecified atom stereocenters. The van der Waals surface area contributed by atoms with Gasteiger partial charge in [-0.25, -0.2) is 0 Å². The first-order chi connectivity index (χ1) is 15.0. The lowest BCUT2D eigenvalue weighted by molar-refractivity contribution is -0.0506. The van der Waals surface area contributed by atoms with Crippen molar-refractivity contribution in [2.75, 3.05) is 40.0 Å². The van der Waals surface area contributed by atoms with Gasteiger partial charge in [0.05, 0.1) is 24.3 Å². The molecule has 6 nitrogen and oxygen atoms in total. The van der Waals surface area contributed by atoms with Crippen molar-refractivity contribution in [2.45, 2.75) is 26.0 Å². The molecule has 0 aromatic heterocycles. The molecule has 1 N–H and O–H groups in total. The van der Waals surface area contributed by atoms with Crippen LogP contribution in [-0.2, 0) is 11.3 Å². The van der Waals surface area contributed by atoms with Gasteiger partial charge in [0.15, 0.2) is 11.5 Å². The highest BCUT2D eigenvalue weighted by molar-refractivity contribution is 6.34. The fraction of sp³-hybridized carbons (Fsp3) is 0.435. The van der Waals surface area contributed by atoms with Crippen molar-refractivity contribution in [3.63, 3.8) is 0 Å². The van der Waals surface area contributed by atoms with E-state index in [4.69, 9.17) is 37.4 Å². The SMILES string of the molecule is CCCNC(=O)c1cc(OC)c(OCC2CN(Cc3ccc(Cl)cc3)CCO2)cc1Cl. The molecule has 31 heavy (non-hydrogen) atoms. The number of hydrogen-bond donors (Lipinski definition) is 1. The van der Waals surface area contributed by atoms with Crippen molar-refractivity contribution >= 4 is 29.1 Å². The summed E-state index contributed by atoms with van der Waals surface area (Å²) in [6.45, 7) is 5.99. The van der Waals surface area contributed by atoms with E-state index in [9.17, 15) is 4.79 Å². The van der Waals surface area contributed by atoms with Crippen LogP contribution in [0.1, 0.15) is 29.3 Å². The molecule has 1 amide bonds. The van der Waals surface area contributed by atoms with Crippen LogP contribution in [0.2, 0.25) is 10.0 Å². The molecule has 0 saturated carbocycles. The molecule has 3 rings (SSSR count). The lowest BCUT2D eigenvalue weighted by Gasteiger charge is -2.33. The van der Waals surface area contributed by atoms with E-state index in [1.54, 1.807) is 12.1 Å². The molecule has 0 spiro atoms. The Morgan fingerprint density at radius 1 is 1.23 bits per heavy atom. The van der Waals surface area contributed by atoms with Gasteiger partial charge in [-0.1, -0.05) is 42.3 Å². The second-order valence-corrected chi connectivity index (χ2v) is 8.25. The van der Waals surface area contributed by atoms with Crippen LogP contribution >= 0.6 is 23.2 Å². The number of nitrogens with zero attached hydrogens (tertiary/aromatic N) is 1. The van der Waals surface area contributed by atoms with Gasteiger partial charge in [-0.2, -0.15) is 0 Å². The van der Waals surface area contributed by atoms with Crippen LogP contribution in [0.3, 0.4) is 0 Å². The molecule has 2 aromatic rings. The van der Waals surface area contributed by atoms with Crippen LogP contribution in [0.4, 0.5) is 0 Å². The summed E-state index contributed by atoms with van der Waals surface area (Å²) in [6.07, 6.45) is 0.759. The first-order valence-corrected chi connectivity index (χ1v) is 11.1. The van der Waals surface area contributed by atoms with Crippen LogP contribution < -0.4 is 14.8 Å². The van der Waals surface area contributed by atoms with E-state index < -0.39 is 0 Å². The van der Waals surface area contributed by atoms with Gasteiger partial charge in [0.1, 0.15) is 12.7 Å². The van der Waals surface area contributed by atoms with Crippen molar-refractivity contribution in [3.8, 4) is 11.5 Å². The summed E-state index contributed by atoms with van der Waals surface area (Å²) in [7, 11) is 1.54. The first-order valence-electron chi connectivity index (χ1n) is 10.4. The van der Waals surface area contributed by atoms with Crippen LogP contribution in [0.25, 0.3) is 0 Å². The fourth-order valence-corrected chi connectivity index (χ4v) is 3.74. The van der Waals surface area contributed by atoms with Crippen LogP contribution in [0.5, 0.6) is 11.5 Å². The average Bonchev–Trinajstić information content (AvgIpc) is 2.78. The number of nitrogens with one attached hydrogen (secondary N) is 1.